The number of aryl methyl sites for hydroxylation is 1. The number of carbonyl (C=O) groups excluding carboxylic acids is 1. The van der Waals surface area contributed by atoms with Gasteiger partial charge in [0.25, 0.3) is 5.91 Å². The van der Waals surface area contributed by atoms with E-state index in [-0.39, 0.29) is 10.8 Å². The number of rotatable bonds is 5. The number of hydrogen-bond donors (Lipinski definition) is 2. The van der Waals surface area contributed by atoms with Crippen molar-refractivity contribution in [1.29, 1.82) is 0 Å². The van der Waals surface area contributed by atoms with E-state index in [0.717, 1.165) is 18.8 Å². The fraction of sp³-hybridized carbons (Fsp3) is 0.409. The van der Waals surface area contributed by atoms with Crippen LogP contribution in [-0.2, 0) is 10.0 Å². The molecule has 0 atom stereocenters. The van der Waals surface area contributed by atoms with Crippen molar-refractivity contribution in [3.8, 4) is 0 Å². The van der Waals surface area contributed by atoms with Gasteiger partial charge in [0.15, 0.2) is 0 Å². The Balaban J connectivity index is 1.83. The van der Waals surface area contributed by atoms with Crippen molar-refractivity contribution >= 4 is 27.3 Å². The highest BCUT2D eigenvalue weighted by Crippen LogP contribution is 2.24. The van der Waals surface area contributed by atoms with Crippen LogP contribution in [0.25, 0.3) is 0 Å². The number of nitrogens with zero attached hydrogens (tertiary/aromatic N) is 1. The van der Waals surface area contributed by atoms with Crippen LogP contribution in [0.1, 0.15) is 49.5 Å². The van der Waals surface area contributed by atoms with Gasteiger partial charge in [0, 0.05) is 35.6 Å². The topological polar surface area (TPSA) is 78.5 Å². The highest BCUT2D eigenvalue weighted by atomic mass is 32.2. The van der Waals surface area contributed by atoms with Crippen LogP contribution in [0.15, 0.2) is 47.4 Å². The summed E-state index contributed by atoms with van der Waals surface area (Å²) in [6.45, 7) is 9.18. The fourth-order valence-electron chi connectivity index (χ4n) is 3.43. The lowest BCUT2D eigenvalue weighted by Crippen LogP contribution is -2.40. The molecule has 2 N–H and O–H groups in total. The Morgan fingerprint density at radius 1 is 1.03 bits per heavy atom. The van der Waals surface area contributed by atoms with E-state index < -0.39 is 15.6 Å². The Hall–Kier alpha value is -2.38. The number of nitrogens with one attached hydrogen (secondary N) is 2. The largest absolute Gasteiger partial charge is 0.371 e. The third-order valence-electron chi connectivity index (χ3n) is 4.78. The van der Waals surface area contributed by atoms with Crippen molar-refractivity contribution in [1.82, 2.24) is 4.72 Å². The molecule has 1 amide bonds. The summed E-state index contributed by atoms with van der Waals surface area (Å²) in [6.07, 6.45) is 2.36. The first-order valence-electron chi connectivity index (χ1n) is 9.86. The molecule has 0 unspecified atom stereocenters. The van der Waals surface area contributed by atoms with E-state index in [1.165, 1.54) is 25.0 Å². The van der Waals surface area contributed by atoms with E-state index in [4.69, 9.17) is 0 Å². The lowest BCUT2D eigenvalue weighted by molar-refractivity contribution is 0.102. The average Bonchev–Trinajstić information content (AvgIpc) is 3.14. The van der Waals surface area contributed by atoms with Crippen molar-refractivity contribution in [2.24, 2.45) is 0 Å². The molecule has 1 fully saturated rings. The van der Waals surface area contributed by atoms with Gasteiger partial charge in [0.2, 0.25) is 10.0 Å². The second kappa shape index (κ2) is 8.16. The lowest BCUT2D eigenvalue weighted by atomic mass is 10.1. The maximum absolute atomic E-state index is 12.9. The molecule has 2 aromatic rings. The van der Waals surface area contributed by atoms with Gasteiger partial charge in [-0.1, -0.05) is 12.1 Å². The van der Waals surface area contributed by atoms with E-state index in [1.807, 2.05) is 24.3 Å². The van der Waals surface area contributed by atoms with Gasteiger partial charge in [-0.3, -0.25) is 4.79 Å². The van der Waals surface area contributed by atoms with Crippen LogP contribution in [0, 0.1) is 6.92 Å². The molecule has 1 saturated heterocycles. The van der Waals surface area contributed by atoms with E-state index in [0.29, 0.717) is 16.8 Å². The minimum atomic E-state index is -3.72. The van der Waals surface area contributed by atoms with Crippen LogP contribution in [-0.4, -0.2) is 33.0 Å². The molecular weight excluding hydrogens is 386 g/mol. The summed E-state index contributed by atoms with van der Waals surface area (Å²) in [5, 5.41) is 2.91. The van der Waals surface area contributed by atoms with Gasteiger partial charge in [-0.15, -0.1) is 0 Å². The monoisotopic (exact) mass is 415 g/mol. The van der Waals surface area contributed by atoms with Crippen molar-refractivity contribution in [2.45, 2.75) is 51.0 Å². The Morgan fingerprint density at radius 3 is 2.38 bits per heavy atom. The third kappa shape index (κ3) is 5.36. The second-order valence-corrected chi connectivity index (χ2v) is 10.2. The summed E-state index contributed by atoms with van der Waals surface area (Å²) < 4.78 is 27.9. The SMILES string of the molecule is Cc1ccc(S(=O)(=O)NC(C)(C)C)cc1C(=O)Nc1cccc(N2CCCC2)c1. The highest BCUT2D eigenvalue weighted by Gasteiger charge is 2.23. The maximum atomic E-state index is 12.9. The molecule has 6 nitrogen and oxygen atoms in total. The van der Waals surface area contributed by atoms with Gasteiger partial charge in [0.1, 0.15) is 0 Å². The summed E-state index contributed by atoms with van der Waals surface area (Å²) in [4.78, 5) is 15.3. The van der Waals surface area contributed by atoms with E-state index in [1.54, 1.807) is 33.8 Å². The Morgan fingerprint density at radius 2 is 1.72 bits per heavy atom. The number of sulfonamides is 1. The molecule has 0 bridgehead atoms. The van der Waals surface area contributed by atoms with Crippen LogP contribution < -0.4 is 14.9 Å². The number of anilines is 2. The predicted molar refractivity (Wildman–Crippen MR) is 117 cm³/mol. The lowest BCUT2D eigenvalue weighted by Gasteiger charge is -2.21. The van der Waals surface area contributed by atoms with Crippen LogP contribution >= 0.6 is 0 Å². The summed E-state index contributed by atoms with van der Waals surface area (Å²) in [7, 11) is -3.72. The first-order valence-corrected chi connectivity index (χ1v) is 11.3. The molecule has 0 saturated carbocycles. The number of benzene rings is 2. The zero-order valence-corrected chi connectivity index (χ0v) is 18.3. The smallest absolute Gasteiger partial charge is 0.255 e. The first-order chi connectivity index (χ1) is 13.5. The molecule has 0 aromatic heterocycles. The van der Waals surface area contributed by atoms with Crippen LogP contribution in [0.4, 0.5) is 11.4 Å². The summed E-state index contributed by atoms with van der Waals surface area (Å²) in [5.41, 5.74) is 2.23. The Kier molecular flexibility index (Phi) is 6.00. The van der Waals surface area contributed by atoms with Crippen LogP contribution in [0.3, 0.4) is 0 Å². The second-order valence-electron chi connectivity index (χ2n) is 8.53. The van der Waals surface area contributed by atoms with Crippen molar-refractivity contribution in [3.63, 3.8) is 0 Å². The van der Waals surface area contributed by atoms with E-state index in [9.17, 15) is 13.2 Å². The van der Waals surface area contributed by atoms with Crippen molar-refractivity contribution in [3.05, 3.63) is 53.6 Å². The molecule has 0 spiro atoms. The molecule has 7 heteroatoms. The Labute approximate surface area is 173 Å². The van der Waals surface area contributed by atoms with Crippen LogP contribution in [0.5, 0.6) is 0 Å². The quantitative estimate of drug-likeness (QED) is 0.776. The molecule has 3 rings (SSSR count). The summed E-state index contributed by atoms with van der Waals surface area (Å²) >= 11 is 0. The minimum Gasteiger partial charge on any atom is -0.371 e. The molecule has 1 aliphatic heterocycles. The normalized spacial score (nSPS) is 14.8. The molecule has 29 heavy (non-hydrogen) atoms. The van der Waals surface area contributed by atoms with Gasteiger partial charge in [-0.2, -0.15) is 0 Å². The van der Waals surface area contributed by atoms with Gasteiger partial charge in [-0.25, -0.2) is 13.1 Å². The van der Waals surface area contributed by atoms with E-state index in [2.05, 4.69) is 14.9 Å². The molecule has 0 radical (unpaired) electrons. The van der Waals surface area contributed by atoms with Crippen LogP contribution in [0.2, 0.25) is 0 Å². The van der Waals surface area contributed by atoms with Gasteiger partial charge in [0.05, 0.1) is 4.90 Å². The first kappa shape index (κ1) is 21.3. The van der Waals surface area contributed by atoms with Gasteiger partial charge in [-0.05, 0) is 76.4 Å². The van der Waals surface area contributed by atoms with Crippen molar-refractivity contribution < 1.29 is 13.2 Å². The standard InChI is InChI=1S/C22H29N3O3S/c1-16-10-11-19(29(27,28)24-22(2,3)4)15-20(16)21(26)23-17-8-7-9-18(14-17)25-12-5-6-13-25/h7-11,14-15,24H,5-6,12-13H2,1-4H3,(H,23,26). The number of amides is 1. The van der Waals surface area contributed by atoms with Crippen molar-refractivity contribution in [2.75, 3.05) is 23.3 Å². The predicted octanol–water partition coefficient (Wildman–Crippen LogP) is 3.92. The summed E-state index contributed by atoms with van der Waals surface area (Å²) in [6, 6.07) is 12.4. The third-order valence-corrected chi connectivity index (χ3v) is 6.54. The summed E-state index contributed by atoms with van der Waals surface area (Å²) in [5.74, 6) is -0.325. The molecule has 0 aliphatic carbocycles. The molecule has 2 aromatic carbocycles. The van der Waals surface area contributed by atoms with E-state index >= 15 is 0 Å². The molecular formula is C22H29N3O3S. The average molecular weight is 416 g/mol. The maximum Gasteiger partial charge on any atom is 0.255 e. The molecule has 156 valence electrons. The zero-order chi connectivity index (χ0) is 21.2. The number of hydrogen-bond acceptors (Lipinski definition) is 4. The molecule has 1 heterocycles. The highest BCUT2D eigenvalue weighted by molar-refractivity contribution is 7.89. The van der Waals surface area contributed by atoms with Gasteiger partial charge < -0.3 is 10.2 Å². The zero-order valence-electron chi connectivity index (χ0n) is 17.5. The van der Waals surface area contributed by atoms with Gasteiger partial charge >= 0.3 is 0 Å². The fourth-order valence-corrected chi connectivity index (χ4v) is 4.87. The minimum absolute atomic E-state index is 0.0778. The molecule has 1 aliphatic rings. The number of carbonyl (C=O) groups is 1. The Bertz CT molecular complexity index is 1000.